The molecule has 25 heavy (non-hydrogen) atoms. The number of nitrogens with two attached hydrogens (primary N) is 1. The van der Waals surface area contributed by atoms with Gasteiger partial charge in [-0.05, 0) is 42.5 Å². The number of ketones is 1. The van der Waals surface area contributed by atoms with Crippen molar-refractivity contribution in [2.75, 3.05) is 38.9 Å². The summed E-state index contributed by atoms with van der Waals surface area (Å²) < 4.78 is 10.5. The SMILES string of the molecule is COc1ccc(OC)c(/C=C(/Cl)C(=O)c2ccc(N(C)C)c(N)c2)c1. The average molecular weight is 361 g/mol. The lowest BCUT2D eigenvalue weighted by Crippen LogP contribution is -2.12. The second-order valence-electron chi connectivity index (χ2n) is 5.60. The van der Waals surface area contributed by atoms with E-state index in [0.29, 0.717) is 28.3 Å². The van der Waals surface area contributed by atoms with Crippen LogP contribution in [0.2, 0.25) is 0 Å². The molecular formula is C19H21ClN2O3. The minimum absolute atomic E-state index is 0.0588. The van der Waals surface area contributed by atoms with E-state index in [4.69, 9.17) is 26.8 Å². The topological polar surface area (TPSA) is 64.8 Å². The third-order valence-corrected chi connectivity index (χ3v) is 3.99. The number of nitrogen functional groups attached to an aromatic ring is 1. The fourth-order valence-corrected chi connectivity index (χ4v) is 2.62. The van der Waals surface area contributed by atoms with Crippen molar-refractivity contribution in [1.82, 2.24) is 0 Å². The summed E-state index contributed by atoms with van der Waals surface area (Å²) in [6.45, 7) is 0. The molecule has 6 heteroatoms. The molecule has 0 unspecified atom stereocenters. The van der Waals surface area contributed by atoms with Crippen LogP contribution in [-0.4, -0.2) is 34.1 Å². The number of benzene rings is 2. The van der Waals surface area contributed by atoms with Crippen molar-refractivity contribution < 1.29 is 14.3 Å². The quantitative estimate of drug-likeness (QED) is 0.482. The first-order valence-corrected chi connectivity index (χ1v) is 7.96. The molecule has 0 radical (unpaired) electrons. The normalized spacial score (nSPS) is 11.2. The maximum absolute atomic E-state index is 12.6. The van der Waals surface area contributed by atoms with E-state index in [0.717, 1.165) is 5.69 Å². The van der Waals surface area contributed by atoms with E-state index < -0.39 is 0 Å². The number of rotatable bonds is 6. The summed E-state index contributed by atoms with van der Waals surface area (Å²) in [5.74, 6) is 0.918. The number of hydrogen-bond acceptors (Lipinski definition) is 5. The highest BCUT2D eigenvalue weighted by atomic mass is 35.5. The predicted molar refractivity (Wildman–Crippen MR) is 103 cm³/mol. The first-order valence-electron chi connectivity index (χ1n) is 7.58. The van der Waals surface area contributed by atoms with Crippen molar-refractivity contribution >= 4 is 34.8 Å². The number of carbonyl (C=O) groups excluding carboxylic acids is 1. The Bertz CT molecular complexity index is 816. The maximum Gasteiger partial charge on any atom is 0.204 e. The summed E-state index contributed by atoms with van der Waals surface area (Å²) in [7, 11) is 6.89. The van der Waals surface area contributed by atoms with Gasteiger partial charge in [0.2, 0.25) is 5.78 Å². The molecule has 0 saturated heterocycles. The Morgan fingerprint density at radius 1 is 1.12 bits per heavy atom. The van der Waals surface area contributed by atoms with Crippen LogP contribution in [0.25, 0.3) is 6.08 Å². The van der Waals surface area contributed by atoms with Gasteiger partial charge in [-0.1, -0.05) is 11.6 Å². The molecule has 0 aliphatic carbocycles. The zero-order chi connectivity index (χ0) is 18.6. The van der Waals surface area contributed by atoms with Crippen molar-refractivity contribution in [3.8, 4) is 11.5 Å². The minimum atomic E-state index is -0.316. The van der Waals surface area contributed by atoms with E-state index in [1.165, 1.54) is 0 Å². The third kappa shape index (κ3) is 4.25. The Hall–Kier alpha value is -2.66. The van der Waals surface area contributed by atoms with Gasteiger partial charge in [0.1, 0.15) is 11.5 Å². The highest BCUT2D eigenvalue weighted by Crippen LogP contribution is 2.29. The standard InChI is InChI=1S/C19H21ClN2O3/c1-22(2)17-7-5-12(11-16(17)21)19(23)15(20)10-13-9-14(24-3)6-8-18(13)25-4/h5-11H,21H2,1-4H3/b15-10+. The Balaban J connectivity index is 2.37. The third-order valence-electron chi connectivity index (χ3n) is 3.71. The average Bonchev–Trinajstić information content (AvgIpc) is 2.60. The number of hydrogen-bond donors (Lipinski definition) is 1. The van der Waals surface area contributed by atoms with E-state index in [2.05, 4.69) is 0 Å². The monoisotopic (exact) mass is 360 g/mol. The molecule has 2 rings (SSSR count). The van der Waals surface area contributed by atoms with Gasteiger partial charge in [0, 0.05) is 25.2 Å². The molecular weight excluding hydrogens is 340 g/mol. The fourth-order valence-electron chi connectivity index (χ4n) is 2.40. The smallest absolute Gasteiger partial charge is 0.204 e. The molecule has 0 aliphatic rings. The van der Waals surface area contributed by atoms with Crippen LogP contribution < -0.4 is 20.1 Å². The predicted octanol–water partition coefficient (Wildman–Crippen LogP) is 3.81. The summed E-state index contributed by atoms with van der Waals surface area (Å²) in [6.07, 6.45) is 1.56. The van der Waals surface area contributed by atoms with Gasteiger partial charge in [-0.15, -0.1) is 0 Å². The van der Waals surface area contributed by atoms with Crippen LogP contribution in [0.3, 0.4) is 0 Å². The van der Waals surface area contributed by atoms with Crippen molar-refractivity contribution in [3.05, 3.63) is 52.6 Å². The highest BCUT2D eigenvalue weighted by Gasteiger charge is 2.14. The number of methoxy groups -OCH3 is 2. The molecule has 0 aromatic heterocycles. The first-order chi connectivity index (χ1) is 11.9. The van der Waals surface area contributed by atoms with Crippen LogP contribution in [-0.2, 0) is 0 Å². The molecule has 0 amide bonds. The van der Waals surface area contributed by atoms with Crippen molar-refractivity contribution in [1.29, 1.82) is 0 Å². The molecule has 0 heterocycles. The molecule has 5 nitrogen and oxygen atoms in total. The van der Waals surface area contributed by atoms with Crippen molar-refractivity contribution in [2.24, 2.45) is 0 Å². The summed E-state index contributed by atoms with van der Waals surface area (Å²) >= 11 is 6.24. The van der Waals surface area contributed by atoms with Crippen LogP contribution >= 0.6 is 11.6 Å². The minimum Gasteiger partial charge on any atom is -0.497 e. The fraction of sp³-hybridized carbons (Fsp3) is 0.211. The van der Waals surface area contributed by atoms with E-state index in [9.17, 15) is 4.79 Å². The van der Waals surface area contributed by atoms with Crippen molar-refractivity contribution in [2.45, 2.75) is 0 Å². The van der Waals surface area contributed by atoms with E-state index in [1.54, 1.807) is 56.7 Å². The summed E-state index contributed by atoms with van der Waals surface area (Å²) in [6, 6.07) is 10.4. The van der Waals surface area contributed by atoms with Crippen LogP contribution in [0.1, 0.15) is 15.9 Å². The molecule has 2 aromatic carbocycles. The van der Waals surface area contributed by atoms with E-state index in [-0.39, 0.29) is 10.8 Å². The number of anilines is 2. The number of allylic oxidation sites excluding steroid dienone is 1. The zero-order valence-corrected chi connectivity index (χ0v) is 15.4. The van der Waals surface area contributed by atoms with Crippen molar-refractivity contribution in [3.63, 3.8) is 0 Å². The zero-order valence-electron chi connectivity index (χ0n) is 14.7. The van der Waals surface area contributed by atoms with E-state index >= 15 is 0 Å². The number of halogens is 1. The summed E-state index contributed by atoms with van der Waals surface area (Å²) in [5, 5.41) is 0.0588. The Morgan fingerprint density at radius 3 is 2.40 bits per heavy atom. The number of Topliss-reactive ketones (excluding diaryl/α,β-unsaturated/α-hetero) is 1. The largest absolute Gasteiger partial charge is 0.497 e. The molecule has 0 saturated carbocycles. The molecule has 132 valence electrons. The summed E-state index contributed by atoms with van der Waals surface area (Å²) in [4.78, 5) is 14.5. The lowest BCUT2D eigenvalue weighted by atomic mass is 10.1. The molecule has 2 aromatic rings. The Labute approximate surface area is 152 Å². The van der Waals surface area contributed by atoms with Gasteiger partial charge in [0.25, 0.3) is 0 Å². The van der Waals surface area contributed by atoms with E-state index in [1.807, 2.05) is 19.0 Å². The van der Waals surface area contributed by atoms with Gasteiger partial charge in [0.15, 0.2) is 0 Å². The van der Waals surface area contributed by atoms with Gasteiger partial charge in [-0.2, -0.15) is 0 Å². The van der Waals surface area contributed by atoms with Gasteiger partial charge in [0.05, 0.1) is 30.6 Å². The molecule has 0 aliphatic heterocycles. The van der Waals surface area contributed by atoms with Crippen LogP contribution in [0.15, 0.2) is 41.4 Å². The highest BCUT2D eigenvalue weighted by molar-refractivity contribution is 6.47. The molecule has 0 bridgehead atoms. The number of carbonyl (C=O) groups is 1. The van der Waals surface area contributed by atoms with Crippen LogP contribution in [0.5, 0.6) is 11.5 Å². The lowest BCUT2D eigenvalue weighted by molar-refractivity contribution is 0.104. The maximum atomic E-state index is 12.6. The van der Waals surface area contributed by atoms with Gasteiger partial charge in [-0.3, -0.25) is 4.79 Å². The van der Waals surface area contributed by atoms with Gasteiger partial charge < -0.3 is 20.1 Å². The molecule has 2 N–H and O–H groups in total. The second kappa shape index (κ2) is 7.94. The first kappa shape index (κ1) is 18.7. The lowest BCUT2D eigenvalue weighted by Gasteiger charge is -2.15. The second-order valence-corrected chi connectivity index (χ2v) is 6.00. The van der Waals surface area contributed by atoms with Crippen LogP contribution in [0, 0.1) is 0 Å². The van der Waals surface area contributed by atoms with Crippen LogP contribution in [0.4, 0.5) is 11.4 Å². The molecule has 0 spiro atoms. The number of nitrogens with zero attached hydrogens (tertiary/aromatic N) is 1. The summed E-state index contributed by atoms with van der Waals surface area (Å²) in [5.41, 5.74) is 8.43. The molecule has 0 atom stereocenters. The van der Waals surface area contributed by atoms with Gasteiger partial charge >= 0.3 is 0 Å². The Morgan fingerprint density at radius 2 is 1.84 bits per heavy atom. The van der Waals surface area contributed by atoms with Gasteiger partial charge in [-0.25, -0.2) is 0 Å². The molecule has 0 fully saturated rings. The Kier molecular flexibility index (Phi) is 5.93. The number of ether oxygens (including phenoxy) is 2.